The van der Waals surface area contributed by atoms with Crippen LogP contribution >= 0.6 is 0 Å². The van der Waals surface area contributed by atoms with Crippen LogP contribution in [0.2, 0.25) is 0 Å². The molecule has 1 fully saturated rings. The summed E-state index contributed by atoms with van der Waals surface area (Å²) in [4.78, 5) is 2.25. The second kappa shape index (κ2) is 8.95. The van der Waals surface area contributed by atoms with Crippen molar-refractivity contribution in [2.45, 2.75) is 12.7 Å². The number of rotatable bonds is 8. The van der Waals surface area contributed by atoms with Gasteiger partial charge in [0.2, 0.25) is 0 Å². The van der Waals surface area contributed by atoms with Gasteiger partial charge in [0.25, 0.3) is 0 Å². The minimum Gasteiger partial charge on any atom is -0.493 e. The van der Waals surface area contributed by atoms with Gasteiger partial charge in [-0.2, -0.15) is 0 Å². The lowest BCUT2D eigenvalue weighted by Crippen LogP contribution is -2.47. The number of β-amino-alcohol motifs (C(OH)–C–C–N with tert-alkyl or cyclic N) is 1. The molecule has 0 radical (unpaired) electrons. The van der Waals surface area contributed by atoms with Crippen molar-refractivity contribution in [3.05, 3.63) is 23.8 Å². The Balaban J connectivity index is 1.73. The zero-order valence-electron chi connectivity index (χ0n) is 13.4. The third kappa shape index (κ3) is 5.14. The van der Waals surface area contributed by atoms with Crippen molar-refractivity contribution in [2.24, 2.45) is 0 Å². The molecule has 0 amide bonds. The van der Waals surface area contributed by atoms with Crippen molar-refractivity contribution in [1.29, 1.82) is 0 Å². The molecule has 2 N–H and O–H groups in total. The summed E-state index contributed by atoms with van der Waals surface area (Å²) in [6, 6.07) is 5.68. The summed E-state index contributed by atoms with van der Waals surface area (Å²) in [5.41, 5.74) is 0.993. The molecule has 22 heavy (non-hydrogen) atoms. The van der Waals surface area contributed by atoms with Gasteiger partial charge < -0.3 is 24.6 Å². The number of nitrogens with one attached hydrogen (secondary N) is 1. The minimum atomic E-state index is -0.460. The number of benzene rings is 1. The lowest BCUT2D eigenvalue weighted by molar-refractivity contribution is 0.00818. The van der Waals surface area contributed by atoms with E-state index in [1.54, 1.807) is 14.2 Å². The van der Waals surface area contributed by atoms with Gasteiger partial charge >= 0.3 is 0 Å². The van der Waals surface area contributed by atoms with E-state index in [0.717, 1.165) is 31.7 Å². The Bertz CT molecular complexity index is 450. The van der Waals surface area contributed by atoms with Gasteiger partial charge in [0.15, 0.2) is 11.5 Å². The topological polar surface area (TPSA) is 63.2 Å². The van der Waals surface area contributed by atoms with E-state index in [9.17, 15) is 5.11 Å². The first kappa shape index (κ1) is 17.0. The maximum Gasteiger partial charge on any atom is 0.161 e. The average Bonchev–Trinajstić information content (AvgIpc) is 2.55. The van der Waals surface area contributed by atoms with E-state index >= 15 is 0 Å². The molecule has 1 aliphatic rings. The highest BCUT2D eigenvalue weighted by Gasteiger charge is 2.14. The third-order valence-electron chi connectivity index (χ3n) is 3.71. The van der Waals surface area contributed by atoms with E-state index < -0.39 is 6.10 Å². The Hall–Kier alpha value is -1.34. The van der Waals surface area contributed by atoms with Gasteiger partial charge in [-0.25, -0.2) is 0 Å². The lowest BCUT2D eigenvalue weighted by atomic mass is 10.2. The van der Waals surface area contributed by atoms with Crippen molar-refractivity contribution in [1.82, 2.24) is 10.2 Å². The minimum absolute atomic E-state index is 0.332. The number of aliphatic hydroxyl groups is 1. The number of hydrogen-bond acceptors (Lipinski definition) is 6. The molecule has 1 aliphatic heterocycles. The monoisotopic (exact) mass is 310 g/mol. The van der Waals surface area contributed by atoms with Gasteiger partial charge in [0.1, 0.15) is 0 Å². The zero-order valence-corrected chi connectivity index (χ0v) is 13.4. The quantitative estimate of drug-likeness (QED) is 0.728. The smallest absolute Gasteiger partial charge is 0.161 e. The molecule has 124 valence electrons. The van der Waals surface area contributed by atoms with Crippen LogP contribution in [0.15, 0.2) is 18.2 Å². The Morgan fingerprint density at radius 1 is 1.18 bits per heavy atom. The number of aliphatic hydroxyl groups excluding tert-OH is 1. The highest BCUT2D eigenvalue weighted by molar-refractivity contribution is 5.42. The van der Waals surface area contributed by atoms with Crippen LogP contribution in [0, 0.1) is 0 Å². The van der Waals surface area contributed by atoms with Gasteiger partial charge in [-0.3, -0.25) is 4.90 Å². The van der Waals surface area contributed by atoms with Gasteiger partial charge in [-0.05, 0) is 17.7 Å². The number of hydrogen-bond donors (Lipinski definition) is 2. The first-order valence-corrected chi connectivity index (χ1v) is 7.62. The number of nitrogens with zero attached hydrogens (tertiary/aromatic N) is 1. The van der Waals surface area contributed by atoms with Crippen LogP contribution in [0.5, 0.6) is 11.5 Å². The molecule has 2 rings (SSSR count). The van der Waals surface area contributed by atoms with E-state index in [-0.39, 0.29) is 0 Å². The number of methoxy groups -OCH3 is 2. The van der Waals surface area contributed by atoms with Crippen LogP contribution in [-0.2, 0) is 11.3 Å². The molecule has 0 aromatic heterocycles. The van der Waals surface area contributed by atoms with Crippen LogP contribution in [-0.4, -0.2) is 69.7 Å². The van der Waals surface area contributed by atoms with Crippen LogP contribution in [0.25, 0.3) is 0 Å². The Kier molecular flexibility index (Phi) is 6.92. The molecule has 1 heterocycles. The predicted molar refractivity (Wildman–Crippen MR) is 84.5 cm³/mol. The first-order chi connectivity index (χ1) is 10.7. The molecule has 1 aromatic carbocycles. The van der Waals surface area contributed by atoms with Crippen molar-refractivity contribution < 1.29 is 19.3 Å². The summed E-state index contributed by atoms with van der Waals surface area (Å²) in [5, 5.41) is 13.3. The first-order valence-electron chi connectivity index (χ1n) is 7.62. The molecule has 0 spiro atoms. The van der Waals surface area contributed by atoms with Gasteiger partial charge in [0.05, 0.1) is 33.5 Å². The predicted octanol–water partition coefficient (Wildman–Crippen LogP) is 0.487. The normalized spacial score (nSPS) is 17.2. The average molecular weight is 310 g/mol. The zero-order chi connectivity index (χ0) is 15.8. The van der Waals surface area contributed by atoms with Crippen molar-refractivity contribution in [3.63, 3.8) is 0 Å². The maximum atomic E-state index is 10.0. The molecule has 6 heteroatoms. The maximum absolute atomic E-state index is 10.0. The summed E-state index contributed by atoms with van der Waals surface area (Å²) in [6.45, 7) is 5.36. The van der Waals surface area contributed by atoms with Crippen LogP contribution in [0.4, 0.5) is 0 Å². The summed E-state index contributed by atoms with van der Waals surface area (Å²) in [5.74, 6) is 1.38. The van der Waals surface area contributed by atoms with Crippen LogP contribution in [0.3, 0.4) is 0 Å². The lowest BCUT2D eigenvalue weighted by Gasteiger charge is -2.28. The molecular formula is C16H26N2O4. The molecular weight excluding hydrogens is 284 g/mol. The van der Waals surface area contributed by atoms with Crippen molar-refractivity contribution in [3.8, 4) is 11.5 Å². The fourth-order valence-electron chi connectivity index (χ4n) is 2.53. The SMILES string of the molecule is COc1ccc(COC[C@H](O)CN2CCNCC2)cc1OC. The van der Waals surface area contributed by atoms with E-state index in [1.165, 1.54) is 0 Å². The summed E-state index contributed by atoms with van der Waals surface area (Å²) < 4.78 is 16.1. The fraction of sp³-hybridized carbons (Fsp3) is 0.625. The van der Waals surface area contributed by atoms with E-state index in [1.807, 2.05) is 18.2 Å². The Morgan fingerprint density at radius 3 is 2.59 bits per heavy atom. The highest BCUT2D eigenvalue weighted by Crippen LogP contribution is 2.27. The highest BCUT2D eigenvalue weighted by atomic mass is 16.5. The van der Waals surface area contributed by atoms with E-state index in [4.69, 9.17) is 14.2 Å². The number of ether oxygens (including phenoxy) is 3. The Morgan fingerprint density at radius 2 is 1.91 bits per heavy atom. The largest absolute Gasteiger partial charge is 0.493 e. The molecule has 0 unspecified atom stereocenters. The fourth-order valence-corrected chi connectivity index (χ4v) is 2.53. The molecule has 1 aromatic rings. The van der Waals surface area contributed by atoms with Gasteiger partial charge in [-0.1, -0.05) is 6.07 Å². The number of piperazine rings is 1. The second-order valence-corrected chi connectivity index (χ2v) is 5.41. The molecule has 6 nitrogen and oxygen atoms in total. The van der Waals surface area contributed by atoms with Crippen molar-refractivity contribution >= 4 is 0 Å². The molecule has 1 atom stereocenters. The second-order valence-electron chi connectivity index (χ2n) is 5.41. The molecule has 0 bridgehead atoms. The van der Waals surface area contributed by atoms with E-state index in [2.05, 4.69) is 10.2 Å². The summed E-state index contributed by atoms with van der Waals surface area (Å²) >= 11 is 0. The molecule has 0 saturated carbocycles. The van der Waals surface area contributed by atoms with Gasteiger partial charge in [-0.15, -0.1) is 0 Å². The third-order valence-corrected chi connectivity index (χ3v) is 3.71. The standard InChI is InChI=1S/C16H26N2O4/c1-20-15-4-3-13(9-16(15)21-2)11-22-12-14(19)10-18-7-5-17-6-8-18/h3-4,9,14,17,19H,5-8,10-12H2,1-2H3/t14-/m1/s1. The van der Waals surface area contributed by atoms with Crippen LogP contribution < -0.4 is 14.8 Å². The molecule has 1 saturated heterocycles. The summed E-state index contributed by atoms with van der Waals surface area (Å²) in [6.07, 6.45) is -0.460. The van der Waals surface area contributed by atoms with Crippen molar-refractivity contribution in [2.75, 3.05) is 53.6 Å². The van der Waals surface area contributed by atoms with Crippen LogP contribution in [0.1, 0.15) is 5.56 Å². The Labute approximate surface area is 132 Å². The van der Waals surface area contributed by atoms with Gasteiger partial charge in [0, 0.05) is 32.7 Å². The van der Waals surface area contributed by atoms with E-state index in [0.29, 0.717) is 31.3 Å². The molecule has 0 aliphatic carbocycles. The summed E-state index contributed by atoms with van der Waals surface area (Å²) in [7, 11) is 3.22.